The maximum Gasteiger partial charge on any atom is 0.354 e. The summed E-state index contributed by atoms with van der Waals surface area (Å²) in [6.07, 6.45) is 0. The Morgan fingerprint density at radius 1 is 1.17 bits per heavy atom. The lowest BCUT2D eigenvalue weighted by Gasteiger charge is -2.02. The van der Waals surface area contributed by atoms with Crippen molar-refractivity contribution in [1.82, 2.24) is 4.98 Å². The fraction of sp³-hybridized carbons (Fsp3) is 0.214. The molecule has 0 amide bonds. The van der Waals surface area contributed by atoms with E-state index in [2.05, 4.69) is 4.98 Å². The average molecular weight is 245 g/mol. The molecule has 0 radical (unpaired) electrons. The third kappa shape index (κ3) is 2.53. The van der Waals surface area contributed by atoms with Gasteiger partial charge in [0.2, 0.25) is 0 Å². The van der Waals surface area contributed by atoms with Gasteiger partial charge in [-0.3, -0.25) is 0 Å². The molecule has 0 atom stereocenters. The van der Waals surface area contributed by atoms with Crippen LogP contribution in [-0.2, 0) is 4.74 Å². The lowest BCUT2D eigenvalue weighted by Crippen LogP contribution is -2.04. The predicted octanol–water partition coefficient (Wildman–Crippen LogP) is 2.87. The summed E-state index contributed by atoms with van der Waals surface area (Å²) in [6.45, 7) is 2.15. The van der Waals surface area contributed by atoms with Crippen molar-refractivity contribution in [1.29, 1.82) is 0 Å². The lowest BCUT2D eigenvalue weighted by atomic mass is 10.1. The molecular formula is C14H15NO3. The Morgan fingerprint density at radius 2 is 1.89 bits per heavy atom. The summed E-state index contributed by atoms with van der Waals surface area (Å²) in [7, 11) is 1.63. The van der Waals surface area contributed by atoms with E-state index in [1.54, 1.807) is 20.1 Å². The third-order valence-corrected chi connectivity index (χ3v) is 2.58. The van der Waals surface area contributed by atoms with Crippen LogP contribution >= 0.6 is 0 Å². The van der Waals surface area contributed by atoms with Crippen molar-refractivity contribution in [3.05, 3.63) is 42.1 Å². The highest BCUT2D eigenvalue weighted by molar-refractivity contribution is 5.88. The molecule has 18 heavy (non-hydrogen) atoms. The number of aromatic amines is 1. The molecule has 1 aromatic carbocycles. The first-order valence-electron chi connectivity index (χ1n) is 5.75. The van der Waals surface area contributed by atoms with Crippen molar-refractivity contribution in [2.24, 2.45) is 0 Å². The molecule has 94 valence electrons. The average Bonchev–Trinajstić information content (AvgIpc) is 2.89. The van der Waals surface area contributed by atoms with Gasteiger partial charge in [-0.1, -0.05) is 0 Å². The van der Waals surface area contributed by atoms with Gasteiger partial charge in [0.15, 0.2) is 0 Å². The predicted molar refractivity (Wildman–Crippen MR) is 68.7 cm³/mol. The molecular weight excluding hydrogens is 230 g/mol. The van der Waals surface area contributed by atoms with Crippen LogP contribution in [0.3, 0.4) is 0 Å². The maximum absolute atomic E-state index is 11.5. The normalized spacial score (nSPS) is 10.1. The number of hydrogen-bond donors (Lipinski definition) is 1. The Morgan fingerprint density at radius 3 is 2.50 bits per heavy atom. The smallest absolute Gasteiger partial charge is 0.354 e. The van der Waals surface area contributed by atoms with Crippen LogP contribution < -0.4 is 4.74 Å². The molecule has 0 aliphatic carbocycles. The number of benzene rings is 1. The molecule has 0 bridgehead atoms. The highest BCUT2D eigenvalue weighted by Crippen LogP contribution is 2.21. The van der Waals surface area contributed by atoms with Crippen LogP contribution in [0.25, 0.3) is 11.3 Å². The molecule has 0 unspecified atom stereocenters. The van der Waals surface area contributed by atoms with Crippen LogP contribution in [-0.4, -0.2) is 24.7 Å². The topological polar surface area (TPSA) is 51.3 Å². The second-order valence-electron chi connectivity index (χ2n) is 3.73. The molecule has 0 fully saturated rings. The molecule has 2 rings (SSSR count). The summed E-state index contributed by atoms with van der Waals surface area (Å²) >= 11 is 0. The Bertz CT molecular complexity index is 528. The van der Waals surface area contributed by atoms with E-state index in [9.17, 15) is 4.79 Å². The van der Waals surface area contributed by atoms with Gasteiger partial charge < -0.3 is 14.5 Å². The molecule has 0 spiro atoms. The van der Waals surface area contributed by atoms with Gasteiger partial charge in [-0.25, -0.2) is 4.79 Å². The molecule has 0 aliphatic heterocycles. The van der Waals surface area contributed by atoms with E-state index in [1.807, 2.05) is 30.3 Å². The number of H-pyrrole nitrogens is 1. The summed E-state index contributed by atoms with van der Waals surface area (Å²) in [5.41, 5.74) is 2.33. The van der Waals surface area contributed by atoms with Crippen molar-refractivity contribution < 1.29 is 14.3 Å². The number of carbonyl (C=O) groups is 1. The third-order valence-electron chi connectivity index (χ3n) is 2.58. The Hall–Kier alpha value is -2.23. The van der Waals surface area contributed by atoms with Crippen molar-refractivity contribution in [2.45, 2.75) is 6.92 Å². The van der Waals surface area contributed by atoms with Crippen LogP contribution in [0.5, 0.6) is 5.75 Å². The van der Waals surface area contributed by atoms with Gasteiger partial charge in [-0.2, -0.15) is 0 Å². The number of hydrogen-bond acceptors (Lipinski definition) is 3. The van der Waals surface area contributed by atoms with E-state index in [0.29, 0.717) is 12.3 Å². The zero-order chi connectivity index (χ0) is 13.0. The van der Waals surface area contributed by atoms with Gasteiger partial charge in [0.25, 0.3) is 0 Å². The van der Waals surface area contributed by atoms with E-state index >= 15 is 0 Å². The van der Waals surface area contributed by atoms with Gasteiger partial charge in [0.05, 0.1) is 13.7 Å². The van der Waals surface area contributed by atoms with Crippen LogP contribution in [0.2, 0.25) is 0 Å². The minimum Gasteiger partial charge on any atom is -0.497 e. The van der Waals surface area contributed by atoms with Crippen LogP contribution in [0.15, 0.2) is 36.4 Å². The number of rotatable bonds is 4. The molecule has 1 aromatic heterocycles. The zero-order valence-corrected chi connectivity index (χ0v) is 10.4. The van der Waals surface area contributed by atoms with Crippen molar-refractivity contribution in [3.63, 3.8) is 0 Å². The van der Waals surface area contributed by atoms with E-state index < -0.39 is 0 Å². The summed E-state index contributed by atoms with van der Waals surface area (Å²) in [6, 6.07) is 11.2. The van der Waals surface area contributed by atoms with Gasteiger partial charge in [-0.05, 0) is 48.9 Å². The Balaban J connectivity index is 2.20. The van der Waals surface area contributed by atoms with Crippen LogP contribution in [0, 0.1) is 0 Å². The van der Waals surface area contributed by atoms with E-state index in [-0.39, 0.29) is 5.97 Å². The Labute approximate surface area is 106 Å². The van der Waals surface area contributed by atoms with Crippen molar-refractivity contribution >= 4 is 5.97 Å². The second kappa shape index (κ2) is 5.40. The van der Waals surface area contributed by atoms with E-state index in [4.69, 9.17) is 9.47 Å². The van der Waals surface area contributed by atoms with Gasteiger partial charge >= 0.3 is 5.97 Å². The number of methoxy groups -OCH3 is 1. The highest BCUT2D eigenvalue weighted by Gasteiger charge is 2.09. The molecule has 0 aliphatic rings. The lowest BCUT2D eigenvalue weighted by molar-refractivity contribution is 0.0520. The quantitative estimate of drug-likeness (QED) is 0.843. The number of nitrogens with one attached hydrogen (secondary N) is 1. The largest absolute Gasteiger partial charge is 0.497 e. The number of aromatic nitrogens is 1. The zero-order valence-electron chi connectivity index (χ0n) is 10.4. The van der Waals surface area contributed by atoms with Gasteiger partial charge in [0, 0.05) is 5.69 Å². The summed E-state index contributed by atoms with van der Waals surface area (Å²) in [5.74, 6) is 0.466. The van der Waals surface area contributed by atoms with Crippen molar-refractivity contribution in [3.8, 4) is 17.0 Å². The first-order chi connectivity index (χ1) is 8.74. The molecule has 1 N–H and O–H groups in total. The molecule has 1 heterocycles. The fourth-order valence-electron chi connectivity index (χ4n) is 1.66. The SMILES string of the molecule is CCOC(=O)c1ccc(-c2ccc(OC)cc2)[nH]1. The summed E-state index contributed by atoms with van der Waals surface area (Å²) in [4.78, 5) is 14.6. The minimum atomic E-state index is -0.336. The maximum atomic E-state index is 11.5. The van der Waals surface area contributed by atoms with E-state index in [0.717, 1.165) is 17.0 Å². The summed E-state index contributed by atoms with van der Waals surface area (Å²) in [5, 5.41) is 0. The Kier molecular flexibility index (Phi) is 3.67. The van der Waals surface area contributed by atoms with Crippen molar-refractivity contribution in [2.75, 3.05) is 13.7 Å². The molecule has 0 saturated heterocycles. The number of carbonyl (C=O) groups excluding carboxylic acids is 1. The minimum absolute atomic E-state index is 0.336. The van der Waals surface area contributed by atoms with Crippen LogP contribution in [0.4, 0.5) is 0 Å². The standard InChI is InChI=1S/C14H15NO3/c1-3-18-14(16)13-9-8-12(15-13)10-4-6-11(17-2)7-5-10/h4-9,15H,3H2,1-2H3. The second-order valence-corrected chi connectivity index (χ2v) is 3.73. The first kappa shape index (κ1) is 12.2. The molecule has 2 aromatic rings. The van der Waals surface area contributed by atoms with E-state index in [1.165, 1.54) is 0 Å². The van der Waals surface area contributed by atoms with Gasteiger partial charge in [-0.15, -0.1) is 0 Å². The number of ether oxygens (including phenoxy) is 2. The summed E-state index contributed by atoms with van der Waals surface area (Å²) < 4.78 is 10.0. The highest BCUT2D eigenvalue weighted by atomic mass is 16.5. The number of esters is 1. The molecule has 4 heteroatoms. The molecule has 4 nitrogen and oxygen atoms in total. The van der Waals surface area contributed by atoms with Crippen LogP contribution in [0.1, 0.15) is 17.4 Å². The first-order valence-corrected chi connectivity index (χ1v) is 5.75. The monoisotopic (exact) mass is 245 g/mol. The fourth-order valence-corrected chi connectivity index (χ4v) is 1.66. The van der Waals surface area contributed by atoms with Gasteiger partial charge in [0.1, 0.15) is 11.4 Å². The molecule has 0 saturated carbocycles.